The van der Waals surface area contributed by atoms with Crippen molar-refractivity contribution >= 4 is 11.9 Å². The van der Waals surface area contributed by atoms with Gasteiger partial charge in [-0.05, 0) is 70.4 Å². The van der Waals surface area contributed by atoms with Gasteiger partial charge in [-0.1, -0.05) is 0 Å². The first-order valence-electron chi connectivity index (χ1n) is 11.1. The molecule has 0 amide bonds. The van der Waals surface area contributed by atoms with E-state index >= 15 is 0 Å². The molecule has 0 aromatic heterocycles. The van der Waals surface area contributed by atoms with Crippen LogP contribution in [0.25, 0.3) is 0 Å². The van der Waals surface area contributed by atoms with Crippen LogP contribution in [0.3, 0.4) is 0 Å². The van der Waals surface area contributed by atoms with Crippen LogP contribution in [-0.2, 0) is 14.3 Å². The Morgan fingerprint density at radius 2 is 1.44 bits per heavy atom. The number of hydrogen-bond donors (Lipinski definition) is 2. The number of aliphatic carboxylic acids is 2. The quantitative estimate of drug-likeness (QED) is 0.545. The van der Waals surface area contributed by atoms with Crippen LogP contribution in [0.4, 0.5) is 26.3 Å². The summed E-state index contributed by atoms with van der Waals surface area (Å²) in [5.74, 6) is -4.47. The van der Waals surface area contributed by atoms with Crippen molar-refractivity contribution in [3.63, 3.8) is 0 Å². The standard InChI is InChI=1S/C17H32N2O.2C2HF3O2/c1-14(2)19-13-17(10-16(19)12-20-3)6-8-18(9-7-17)11-15-4-5-15;2*3-2(4,5)1(6)7/h14-16H,4-13H2,1-3H3;2*(H,6,7). The first-order chi connectivity index (χ1) is 15.5. The van der Waals surface area contributed by atoms with E-state index in [-0.39, 0.29) is 0 Å². The highest BCUT2D eigenvalue weighted by molar-refractivity contribution is 5.73. The second kappa shape index (κ2) is 12.4. The van der Waals surface area contributed by atoms with Gasteiger partial charge >= 0.3 is 24.3 Å². The van der Waals surface area contributed by atoms with Gasteiger partial charge in [0.15, 0.2) is 0 Å². The largest absolute Gasteiger partial charge is 0.490 e. The van der Waals surface area contributed by atoms with Crippen LogP contribution >= 0.6 is 0 Å². The normalized spacial score (nSPS) is 23.2. The molecular weight excluding hydrogens is 474 g/mol. The number of ether oxygens (including phenoxy) is 1. The lowest BCUT2D eigenvalue weighted by Crippen LogP contribution is -2.43. The summed E-state index contributed by atoms with van der Waals surface area (Å²) in [5, 5.41) is 14.2. The maximum atomic E-state index is 10.6. The molecule has 1 unspecified atom stereocenters. The lowest BCUT2D eigenvalue weighted by molar-refractivity contribution is -0.193. The molecule has 1 aliphatic carbocycles. The summed E-state index contributed by atoms with van der Waals surface area (Å²) in [5.41, 5.74) is 0.591. The molecule has 34 heavy (non-hydrogen) atoms. The predicted molar refractivity (Wildman–Crippen MR) is 110 cm³/mol. The maximum Gasteiger partial charge on any atom is 0.490 e. The number of piperidine rings is 1. The van der Waals surface area contributed by atoms with E-state index in [2.05, 4.69) is 23.6 Å². The van der Waals surface area contributed by atoms with Gasteiger partial charge in [-0.25, -0.2) is 9.59 Å². The highest BCUT2D eigenvalue weighted by Crippen LogP contribution is 2.44. The first-order valence-corrected chi connectivity index (χ1v) is 11.1. The summed E-state index contributed by atoms with van der Waals surface area (Å²) in [6, 6.07) is 1.30. The number of carboxylic acids is 2. The molecule has 0 radical (unpaired) electrons. The highest BCUT2D eigenvalue weighted by Gasteiger charge is 2.46. The fraction of sp³-hybridized carbons (Fsp3) is 0.905. The van der Waals surface area contributed by atoms with Gasteiger partial charge in [0.25, 0.3) is 0 Å². The Labute approximate surface area is 195 Å². The minimum Gasteiger partial charge on any atom is -0.475 e. The van der Waals surface area contributed by atoms with Crippen LogP contribution in [0.1, 0.15) is 46.0 Å². The smallest absolute Gasteiger partial charge is 0.475 e. The lowest BCUT2D eigenvalue weighted by atomic mass is 9.76. The molecule has 0 bridgehead atoms. The number of carboxylic acid groups (broad SMARTS) is 2. The Morgan fingerprint density at radius 3 is 1.76 bits per heavy atom. The summed E-state index contributed by atoms with van der Waals surface area (Å²) in [6.07, 6.45) is -3.03. The second-order valence-corrected chi connectivity index (χ2v) is 9.43. The van der Waals surface area contributed by atoms with E-state index in [1.165, 1.54) is 58.3 Å². The van der Waals surface area contributed by atoms with E-state index in [0.29, 0.717) is 17.5 Å². The predicted octanol–water partition coefficient (Wildman–Crippen LogP) is 3.87. The number of carbonyl (C=O) groups is 2. The third-order valence-electron chi connectivity index (χ3n) is 6.29. The SMILES string of the molecule is COCC1CC2(CCN(CC3CC3)CC2)CN1C(C)C.O=C(O)C(F)(F)F.O=C(O)C(F)(F)F. The maximum absolute atomic E-state index is 10.6. The van der Waals surface area contributed by atoms with Gasteiger partial charge in [0.05, 0.1) is 6.61 Å². The molecule has 2 saturated heterocycles. The van der Waals surface area contributed by atoms with E-state index in [4.69, 9.17) is 24.5 Å². The Kier molecular flexibility index (Phi) is 11.1. The van der Waals surface area contributed by atoms with Gasteiger partial charge in [0.2, 0.25) is 0 Å². The molecule has 2 aliphatic heterocycles. The van der Waals surface area contributed by atoms with Gasteiger partial charge in [-0.15, -0.1) is 0 Å². The first kappa shape index (κ1) is 30.4. The number of methoxy groups -OCH3 is 1. The minimum absolute atomic E-state index is 0.591. The van der Waals surface area contributed by atoms with E-state index in [0.717, 1.165) is 12.5 Å². The van der Waals surface area contributed by atoms with Crippen molar-refractivity contribution in [2.75, 3.05) is 39.9 Å². The Morgan fingerprint density at radius 1 is 1.00 bits per heavy atom. The average Bonchev–Trinajstić information content (AvgIpc) is 3.44. The zero-order chi connectivity index (χ0) is 26.3. The molecule has 1 saturated carbocycles. The van der Waals surface area contributed by atoms with E-state index in [9.17, 15) is 26.3 Å². The summed E-state index contributed by atoms with van der Waals surface area (Å²) in [7, 11) is 1.85. The Bertz CT molecular complexity index is 635. The summed E-state index contributed by atoms with van der Waals surface area (Å²) < 4.78 is 68.9. The number of halogens is 6. The fourth-order valence-electron chi connectivity index (χ4n) is 4.39. The van der Waals surface area contributed by atoms with Gasteiger partial charge in [0, 0.05) is 32.3 Å². The molecular formula is C21H34F6N2O5. The molecule has 0 aromatic rings. The average molecular weight is 509 g/mol. The number of rotatable bonds is 5. The zero-order valence-electron chi connectivity index (χ0n) is 19.6. The topological polar surface area (TPSA) is 90.3 Å². The monoisotopic (exact) mass is 508 g/mol. The molecule has 7 nitrogen and oxygen atoms in total. The van der Waals surface area contributed by atoms with Crippen LogP contribution in [-0.4, -0.2) is 96.3 Å². The van der Waals surface area contributed by atoms with Gasteiger partial charge < -0.3 is 19.8 Å². The van der Waals surface area contributed by atoms with Crippen molar-refractivity contribution < 1.29 is 50.9 Å². The van der Waals surface area contributed by atoms with Gasteiger partial charge in [0.1, 0.15) is 0 Å². The van der Waals surface area contributed by atoms with Crippen LogP contribution in [0.15, 0.2) is 0 Å². The Hall–Kier alpha value is -1.60. The van der Waals surface area contributed by atoms with Crippen molar-refractivity contribution in [2.24, 2.45) is 11.3 Å². The van der Waals surface area contributed by atoms with Crippen LogP contribution in [0.2, 0.25) is 0 Å². The second-order valence-electron chi connectivity index (χ2n) is 9.43. The van der Waals surface area contributed by atoms with E-state index in [1.54, 1.807) is 0 Å². The summed E-state index contributed by atoms with van der Waals surface area (Å²) in [6.45, 7) is 10.9. The number of nitrogens with zero attached hydrogens (tertiary/aromatic N) is 2. The van der Waals surface area contributed by atoms with Gasteiger partial charge in [-0.3, -0.25) is 4.90 Å². The molecule has 3 fully saturated rings. The molecule has 2 N–H and O–H groups in total. The molecule has 1 atom stereocenters. The molecule has 3 aliphatic rings. The van der Waals surface area contributed by atoms with E-state index < -0.39 is 24.3 Å². The van der Waals surface area contributed by atoms with Crippen molar-refractivity contribution in [1.82, 2.24) is 9.80 Å². The molecule has 200 valence electrons. The third-order valence-corrected chi connectivity index (χ3v) is 6.29. The molecule has 2 heterocycles. The molecule has 0 aromatic carbocycles. The highest BCUT2D eigenvalue weighted by atomic mass is 19.4. The summed E-state index contributed by atoms with van der Waals surface area (Å²) in [4.78, 5) is 23.2. The fourth-order valence-corrected chi connectivity index (χ4v) is 4.39. The van der Waals surface area contributed by atoms with Gasteiger partial charge in [-0.2, -0.15) is 26.3 Å². The molecule has 1 spiro atoms. The number of hydrogen-bond acceptors (Lipinski definition) is 5. The Balaban J connectivity index is 0.000000343. The summed E-state index contributed by atoms with van der Waals surface area (Å²) >= 11 is 0. The van der Waals surface area contributed by atoms with Crippen LogP contribution < -0.4 is 0 Å². The third kappa shape index (κ3) is 10.3. The number of alkyl halides is 6. The molecule has 3 rings (SSSR count). The van der Waals surface area contributed by atoms with Crippen LogP contribution in [0, 0.1) is 11.3 Å². The zero-order valence-corrected chi connectivity index (χ0v) is 19.6. The number of likely N-dealkylation sites (tertiary alicyclic amines) is 2. The van der Waals surface area contributed by atoms with E-state index in [1.807, 2.05) is 7.11 Å². The van der Waals surface area contributed by atoms with Crippen molar-refractivity contribution in [3.8, 4) is 0 Å². The van der Waals surface area contributed by atoms with Crippen molar-refractivity contribution in [1.29, 1.82) is 0 Å². The van der Waals surface area contributed by atoms with Crippen molar-refractivity contribution in [2.45, 2.75) is 70.4 Å². The lowest BCUT2D eigenvalue weighted by Gasteiger charge is -2.39. The minimum atomic E-state index is -5.08. The van der Waals surface area contributed by atoms with Crippen LogP contribution in [0.5, 0.6) is 0 Å². The van der Waals surface area contributed by atoms with Crippen molar-refractivity contribution in [3.05, 3.63) is 0 Å². The molecule has 13 heteroatoms.